The van der Waals surface area contributed by atoms with E-state index in [0.29, 0.717) is 10.8 Å². The van der Waals surface area contributed by atoms with Gasteiger partial charge < -0.3 is 0 Å². The predicted molar refractivity (Wildman–Crippen MR) is 129 cm³/mol. The molecule has 3 aliphatic rings. The van der Waals surface area contributed by atoms with Crippen LogP contribution in [-0.4, -0.2) is 0 Å². The number of hydrogen-bond donors (Lipinski definition) is 0. The van der Waals surface area contributed by atoms with E-state index in [1.54, 1.807) is 5.57 Å². The second-order valence-corrected chi connectivity index (χ2v) is 12.7. The van der Waals surface area contributed by atoms with Crippen molar-refractivity contribution in [1.82, 2.24) is 0 Å². The van der Waals surface area contributed by atoms with Crippen molar-refractivity contribution in [2.24, 2.45) is 52.3 Å². The average Bonchev–Trinajstić information content (AvgIpc) is 3.01. The van der Waals surface area contributed by atoms with Gasteiger partial charge in [-0.25, -0.2) is 0 Å². The fourth-order valence-electron chi connectivity index (χ4n) is 8.71. The zero-order valence-electron chi connectivity index (χ0n) is 21.2. The first kappa shape index (κ1) is 23.4. The summed E-state index contributed by atoms with van der Waals surface area (Å²) >= 11 is 0. The first-order valence-corrected chi connectivity index (χ1v) is 13.3. The van der Waals surface area contributed by atoms with Gasteiger partial charge in [-0.3, -0.25) is 0 Å². The van der Waals surface area contributed by atoms with E-state index in [2.05, 4.69) is 61.5 Å². The molecule has 8 unspecified atom stereocenters. The van der Waals surface area contributed by atoms with Crippen LogP contribution in [0.3, 0.4) is 0 Å². The second-order valence-electron chi connectivity index (χ2n) is 12.7. The molecule has 0 aliphatic heterocycles. The summed E-state index contributed by atoms with van der Waals surface area (Å²) in [6.45, 7) is 20.2. The normalized spacial score (nSPS) is 45.6. The van der Waals surface area contributed by atoms with Crippen molar-refractivity contribution in [3.05, 3.63) is 11.6 Å². The topological polar surface area (TPSA) is 0 Å². The van der Waals surface area contributed by atoms with Crippen LogP contribution in [0.2, 0.25) is 0 Å². The second kappa shape index (κ2) is 9.08. The number of fused-ring (bicyclic) bond motifs is 1. The Morgan fingerprint density at radius 1 is 0.931 bits per heavy atom. The zero-order chi connectivity index (χ0) is 21.4. The van der Waals surface area contributed by atoms with Gasteiger partial charge in [0.2, 0.25) is 0 Å². The van der Waals surface area contributed by atoms with Crippen LogP contribution in [0.25, 0.3) is 0 Å². The van der Waals surface area contributed by atoms with Gasteiger partial charge in [-0.05, 0) is 104 Å². The van der Waals surface area contributed by atoms with Crippen molar-refractivity contribution < 1.29 is 0 Å². The summed E-state index contributed by atoms with van der Waals surface area (Å²) in [5, 5.41) is 0. The van der Waals surface area contributed by atoms with E-state index < -0.39 is 0 Å². The van der Waals surface area contributed by atoms with Crippen molar-refractivity contribution >= 4 is 0 Å². The molecule has 0 bridgehead atoms. The molecule has 168 valence electrons. The molecule has 0 aromatic carbocycles. The Kier molecular flexibility index (Phi) is 7.33. The van der Waals surface area contributed by atoms with Crippen LogP contribution in [-0.2, 0) is 0 Å². The van der Waals surface area contributed by atoms with E-state index >= 15 is 0 Å². The molecule has 0 radical (unpaired) electrons. The molecular weight excluding hydrogens is 348 g/mol. The molecule has 3 saturated carbocycles. The third-order valence-electron chi connectivity index (χ3n) is 10.5. The number of rotatable bonds is 6. The molecular formula is C29H52. The van der Waals surface area contributed by atoms with Gasteiger partial charge in [0.15, 0.2) is 0 Å². The highest BCUT2D eigenvalue weighted by Gasteiger charge is 2.56. The highest BCUT2D eigenvalue weighted by atomic mass is 14.6. The third kappa shape index (κ3) is 4.39. The highest BCUT2D eigenvalue weighted by Crippen LogP contribution is 2.65. The van der Waals surface area contributed by atoms with Crippen molar-refractivity contribution in [1.29, 1.82) is 0 Å². The molecule has 3 aliphatic carbocycles. The first-order valence-electron chi connectivity index (χ1n) is 13.3. The quantitative estimate of drug-likeness (QED) is 0.389. The third-order valence-corrected chi connectivity index (χ3v) is 10.5. The monoisotopic (exact) mass is 400 g/mol. The zero-order valence-corrected chi connectivity index (χ0v) is 21.2. The Bertz CT molecular complexity index is 571. The van der Waals surface area contributed by atoms with Gasteiger partial charge >= 0.3 is 0 Å². The molecule has 0 aromatic heterocycles. The molecule has 0 amide bonds. The fraction of sp³-hybridized carbons (Fsp3) is 0.931. The lowest BCUT2D eigenvalue weighted by atomic mass is 9.49. The maximum atomic E-state index is 2.71. The summed E-state index contributed by atoms with van der Waals surface area (Å²) in [6, 6.07) is 0. The van der Waals surface area contributed by atoms with Gasteiger partial charge in [0.05, 0.1) is 0 Å². The molecule has 0 N–H and O–H groups in total. The Hall–Kier alpha value is -0.260. The SMILES string of the molecule is C/C=C1/CC(C)CCC1(C)C1CCC2(C)C(C(C)CCCC(C)C)CCC2C1C. The van der Waals surface area contributed by atoms with Crippen LogP contribution in [0, 0.1) is 52.3 Å². The van der Waals surface area contributed by atoms with Crippen molar-refractivity contribution in [2.75, 3.05) is 0 Å². The van der Waals surface area contributed by atoms with Gasteiger partial charge in [-0.1, -0.05) is 79.4 Å². The summed E-state index contributed by atoms with van der Waals surface area (Å²) in [5.74, 6) is 6.43. The Balaban J connectivity index is 1.72. The van der Waals surface area contributed by atoms with Crippen molar-refractivity contribution in [3.8, 4) is 0 Å². The van der Waals surface area contributed by atoms with Crippen molar-refractivity contribution in [2.45, 2.75) is 120 Å². The first-order chi connectivity index (χ1) is 13.6. The minimum absolute atomic E-state index is 0.475. The molecule has 0 spiro atoms. The maximum absolute atomic E-state index is 2.71. The highest BCUT2D eigenvalue weighted by molar-refractivity contribution is 5.20. The lowest BCUT2D eigenvalue weighted by molar-refractivity contribution is -0.0393. The summed E-state index contributed by atoms with van der Waals surface area (Å²) in [7, 11) is 0. The molecule has 0 aromatic rings. The summed E-state index contributed by atoms with van der Waals surface area (Å²) < 4.78 is 0. The summed E-state index contributed by atoms with van der Waals surface area (Å²) in [5.41, 5.74) is 2.89. The van der Waals surface area contributed by atoms with Crippen LogP contribution in [0.1, 0.15) is 120 Å². The van der Waals surface area contributed by atoms with Crippen LogP contribution in [0.4, 0.5) is 0 Å². The number of allylic oxidation sites excluding steroid dienone is 2. The summed E-state index contributed by atoms with van der Waals surface area (Å²) in [4.78, 5) is 0. The van der Waals surface area contributed by atoms with Crippen LogP contribution in [0.15, 0.2) is 11.6 Å². The smallest absolute Gasteiger partial charge is 0.00854 e. The van der Waals surface area contributed by atoms with Crippen LogP contribution < -0.4 is 0 Å². The van der Waals surface area contributed by atoms with E-state index in [4.69, 9.17) is 0 Å². The van der Waals surface area contributed by atoms with Gasteiger partial charge in [0.1, 0.15) is 0 Å². The Morgan fingerprint density at radius 2 is 1.66 bits per heavy atom. The lowest BCUT2D eigenvalue weighted by Gasteiger charge is -2.56. The van der Waals surface area contributed by atoms with Gasteiger partial charge in [0.25, 0.3) is 0 Å². The maximum Gasteiger partial charge on any atom is -0.00854 e. The molecule has 0 heteroatoms. The molecule has 0 saturated heterocycles. The minimum atomic E-state index is 0.475. The number of hydrogen-bond acceptors (Lipinski definition) is 0. The Labute approximate surface area is 183 Å². The molecule has 0 nitrogen and oxygen atoms in total. The van der Waals surface area contributed by atoms with E-state index in [1.165, 1.54) is 64.2 Å². The minimum Gasteiger partial charge on any atom is -0.0879 e. The van der Waals surface area contributed by atoms with Crippen LogP contribution in [0.5, 0.6) is 0 Å². The van der Waals surface area contributed by atoms with E-state index in [0.717, 1.165) is 41.4 Å². The van der Waals surface area contributed by atoms with E-state index in [1.807, 2.05) is 0 Å². The van der Waals surface area contributed by atoms with Gasteiger partial charge in [-0.15, -0.1) is 0 Å². The van der Waals surface area contributed by atoms with Crippen molar-refractivity contribution in [3.63, 3.8) is 0 Å². The van der Waals surface area contributed by atoms with E-state index in [9.17, 15) is 0 Å². The molecule has 3 fully saturated rings. The molecule has 0 heterocycles. The predicted octanol–water partition coefficient (Wildman–Crippen LogP) is 9.30. The van der Waals surface area contributed by atoms with Gasteiger partial charge in [0, 0.05) is 0 Å². The largest absolute Gasteiger partial charge is 0.0879 e. The van der Waals surface area contributed by atoms with E-state index in [-0.39, 0.29) is 0 Å². The standard InChI is InChI=1S/C29H52/c1-9-24-19-21(4)15-17-28(24,7)27-16-18-29(8)25(13-14-26(29)23(27)6)22(5)12-10-11-20(2)3/h9,20-23,25-27H,10-19H2,1-8H3/b24-9-. The Morgan fingerprint density at radius 3 is 2.31 bits per heavy atom. The fourth-order valence-corrected chi connectivity index (χ4v) is 8.71. The van der Waals surface area contributed by atoms with Gasteiger partial charge in [-0.2, -0.15) is 0 Å². The average molecular weight is 401 g/mol. The lowest BCUT2D eigenvalue weighted by Crippen LogP contribution is -2.48. The summed E-state index contributed by atoms with van der Waals surface area (Å²) in [6.07, 6.45) is 17.0. The molecule has 8 atom stereocenters. The molecule has 3 rings (SSSR count). The van der Waals surface area contributed by atoms with Crippen LogP contribution >= 0.6 is 0 Å². The molecule has 29 heavy (non-hydrogen) atoms.